The molecule has 48 valence electrons. The Kier molecular flexibility index (Phi) is 3.68. The predicted molar refractivity (Wildman–Crippen MR) is 29.7 cm³/mol. The molecule has 0 saturated heterocycles. The van der Waals surface area contributed by atoms with Gasteiger partial charge in [0.1, 0.15) is 0 Å². The first-order valence-electron chi connectivity index (χ1n) is 2.00. The normalized spacial score (nSPS) is 13.2. The fourth-order valence-corrected chi connectivity index (χ4v) is 0.446. The first kappa shape index (κ1) is 7.81. The van der Waals surface area contributed by atoms with E-state index in [4.69, 9.17) is 0 Å². The van der Waals surface area contributed by atoms with Crippen LogP contribution in [0.15, 0.2) is 12.2 Å². The van der Waals surface area contributed by atoms with Crippen LogP contribution in [0.25, 0.3) is 0 Å². The molecule has 0 aromatic heterocycles. The average Bonchev–Trinajstić information content (AvgIpc) is 1.61. The molecule has 0 amide bonds. The molecule has 1 atom stereocenters. The fraction of sp³-hybridized carbons (Fsp3) is 0.500. The molecule has 8 heavy (non-hydrogen) atoms. The summed E-state index contributed by atoms with van der Waals surface area (Å²) in [5, 5.41) is 0. The number of hydrogen-bond donors (Lipinski definition) is 0. The van der Waals surface area contributed by atoms with E-state index in [2.05, 4.69) is 10.8 Å². The summed E-state index contributed by atoms with van der Waals surface area (Å²) in [6.45, 7) is 5.20. The summed E-state index contributed by atoms with van der Waals surface area (Å²) in [7, 11) is 0. The molecule has 0 heterocycles. The molecule has 0 aromatic rings. The molecule has 4 heteroatoms. The van der Waals surface area contributed by atoms with E-state index in [9.17, 15) is 8.76 Å². The lowest BCUT2D eigenvalue weighted by Gasteiger charge is -2.03. The van der Waals surface area contributed by atoms with E-state index in [0.717, 1.165) is 0 Å². The second-order valence-electron chi connectivity index (χ2n) is 1.42. The van der Waals surface area contributed by atoms with E-state index in [-0.39, 0.29) is 6.61 Å². The van der Waals surface area contributed by atoms with E-state index in [1.807, 2.05) is 0 Å². The van der Waals surface area contributed by atoms with Crippen molar-refractivity contribution < 1.29 is 12.9 Å². The third-order valence-electron chi connectivity index (χ3n) is 0.402. The molecular weight excluding hydrogens is 128 g/mol. The lowest BCUT2D eigenvalue weighted by Crippen LogP contribution is -1.97. The second kappa shape index (κ2) is 3.77. The van der Waals surface area contributed by atoms with Gasteiger partial charge in [-0.3, -0.25) is 4.18 Å². The first-order valence-corrected chi connectivity index (χ1v) is 3.00. The van der Waals surface area contributed by atoms with Crippen LogP contribution in [0.2, 0.25) is 0 Å². The molecule has 0 fully saturated rings. The molecule has 0 saturated carbocycles. The maximum atomic E-state index is 9.64. The maximum absolute atomic E-state index is 9.64. The van der Waals surface area contributed by atoms with E-state index in [1.165, 1.54) is 0 Å². The van der Waals surface area contributed by atoms with Crippen LogP contribution in [0.4, 0.5) is 0 Å². The van der Waals surface area contributed by atoms with Crippen molar-refractivity contribution in [3.8, 4) is 0 Å². The van der Waals surface area contributed by atoms with Crippen molar-refractivity contribution in [2.75, 3.05) is 6.61 Å². The van der Waals surface area contributed by atoms with Crippen LogP contribution < -0.4 is 0 Å². The van der Waals surface area contributed by atoms with E-state index in [0.29, 0.717) is 5.57 Å². The highest BCUT2D eigenvalue weighted by molar-refractivity contribution is 7.74. The van der Waals surface area contributed by atoms with Crippen molar-refractivity contribution in [1.29, 1.82) is 0 Å². The number of rotatable bonds is 3. The minimum atomic E-state index is -2.40. The zero-order valence-electron chi connectivity index (χ0n) is 4.55. The van der Waals surface area contributed by atoms with Crippen LogP contribution in [0.5, 0.6) is 0 Å². The van der Waals surface area contributed by atoms with Gasteiger partial charge in [-0.2, -0.15) is 0 Å². The fourth-order valence-electron chi connectivity index (χ4n) is 0.149. The van der Waals surface area contributed by atoms with Crippen LogP contribution in [0, 0.1) is 0 Å². The van der Waals surface area contributed by atoms with Gasteiger partial charge in [-0.1, -0.05) is 12.2 Å². The predicted octanol–water partition coefficient (Wildman–Crippen LogP) is 0.373. The minimum Gasteiger partial charge on any atom is -0.750 e. The van der Waals surface area contributed by atoms with Crippen molar-refractivity contribution in [2.45, 2.75) is 6.92 Å². The van der Waals surface area contributed by atoms with Gasteiger partial charge in [-0.15, -0.1) is 0 Å². The summed E-state index contributed by atoms with van der Waals surface area (Å²) in [4.78, 5) is 0. The summed E-state index contributed by atoms with van der Waals surface area (Å²) in [6.07, 6.45) is 0. The highest BCUT2D eigenvalue weighted by Gasteiger charge is 1.83. The monoisotopic (exact) mass is 135 g/mol. The summed E-state index contributed by atoms with van der Waals surface area (Å²) < 4.78 is 23.4. The van der Waals surface area contributed by atoms with Gasteiger partial charge >= 0.3 is 0 Å². The Labute approximate surface area is 50.8 Å². The highest BCUT2D eigenvalue weighted by Crippen LogP contribution is 1.88. The maximum Gasteiger partial charge on any atom is 0.0845 e. The Balaban J connectivity index is 3.18. The first-order chi connectivity index (χ1) is 3.63. The molecule has 0 rings (SSSR count). The van der Waals surface area contributed by atoms with Crippen molar-refractivity contribution in [3.05, 3.63) is 12.2 Å². The smallest absolute Gasteiger partial charge is 0.0845 e. The zero-order valence-corrected chi connectivity index (χ0v) is 5.36. The topological polar surface area (TPSA) is 49.4 Å². The van der Waals surface area contributed by atoms with Crippen LogP contribution in [-0.4, -0.2) is 15.4 Å². The van der Waals surface area contributed by atoms with Crippen molar-refractivity contribution >= 4 is 11.4 Å². The van der Waals surface area contributed by atoms with Crippen LogP contribution in [-0.2, 0) is 15.5 Å². The molecular formula is C4H7O3S-. The molecule has 0 spiro atoms. The van der Waals surface area contributed by atoms with Gasteiger partial charge in [0.2, 0.25) is 0 Å². The van der Waals surface area contributed by atoms with Crippen molar-refractivity contribution in [1.82, 2.24) is 0 Å². The minimum absolute atomic E-state index is 0.0795. The summed E-state index contributed by atoms with van der Waals surface area (Å²) in [5.74, 6) is 0. The molecule has 0 bridgehead atoms. The molecule has 0 radical (unpaired) electrons. The molecule has 1 unspecified atom stereocenters. The summed E-state index contributed by atoms with van der Waals surface area (Å²) >= 11 is -2.40. The average molecular weight is 135 g/mol. The van der Waals surface area contributed by atoms with Gasteiger partial charge in [0, 0.05) is 0 Å². The Morgan fingerprint density at radius 1 is 2.00 bits per heavy atom. The number of hydrogen-bond acceptors (Lipinski definition) is 3. The Morgan fingerprint density at radius 3 is 2.62 bits per heavy atom. The van der Waals surface area contributed by atoms with Gasteiger partial charge in [-0.05, 0) is 6.92 Å². The van der Waals surface area contributed by atoms with Gasteiger partial charge in [0.25, 0.3) is 0 Å². The van der Waals surface area contributed by atoms with Gasteiger partial charge < -0.3 is 4.55 Å². The van der Waals surface area contributed by atoms with Crippen LogP contribution in [0.3, 0.4) is 0 Å². The summed E-state index contributed by atoms with van der Waals surface area (Å²) in [6, 6.07) is 0. The lowest BCUT2D eigenvalue weighted by molar-refractivity contribution is 0.327. The standard InChI is InChI=1S/C4H8O3S/c1-4(2)3-7-8(5)6/h1,3H2,2H3,(H,5,6)/p-1. The van der Waals surface area contributed by atoms with Crippen molar-refractivity contribution in [2.24, 2.45) is 0 Å². The highest BCUT2D eigenvalue weighted by atomic mass is 32.2. The van der Waals surface area contributed by atoms with Gasteiger partial charge in [0.15, 0.2) is 0 Å². The third-order valence-corrected chi connectivity index (χ3v) is 0.712. The molecule has 0 aliphatic carbocycles. The SMILES string of the molecule is C=C(C)COS(=O)[O-]. The van der Waals surface area contributed by atoms with E-state index < -0.39 is 11.4 Å². The van der Waals surface area contributed by atoms with Crippen LogP contribution in [0.1, 0.15) is 6.92 Å². The summed E-state index contributed by atoms with van der Waals surface area (Å²) in [5.41, 5.74) is 0.689. The largest absolute Gasteiger partial charge is 0.750 e. The Morgan fingerprint density at radius 2 is 2.50 bits per heavy atom. The zero-order chi connectivity index (χ0) is 6.57. The van der Waals surface area contributed by atoms with Gasteiger partial charge in [-0.25, -0.2) is 4.21 Å². The lowest BCUT2D eigenvalue weighted by atomic mass is 10.4. The molecule has 0 aliphatic heterocycles. The van der Waals surface area contributed by atoms with E-state index >= 15 is 0 Å². The van der Waals surface area contributed by atoms with Crippen LogP contribution >= 0.6 is 0 Å². The van der Waals surface area contributed by atoms with Gasteiger partial charge in [0.05, 0.1) is 18.0 Å². The third kappa shape index (κ3) is 5.81. The molecule has 0 aromatic carbocycles. The Hall–Kier alpha value is -0.190. The molecule has 0 N–H and O–H groups in total. The van der Waals surface area contributed by atoms with Crippen molar-refractivity contribution in [3.63, 3.8) is 0 Å². The molecule has 0 aliphatic rings. The second-order valence-corrected chi connectivity index (χ2v) is 2.07. The Bertz CT molecular complexity index is 95.9. The quantitative estimate of drug-likeness (QED) is 0.415. The molecule has 3 nitrogen and oxygen atoms in total. The van der Waals surface area contributed by atoms with E-state index in [1.54, 1.807) is 6.92 Å².